The van der Waals surface area contributed by atoms with Crippen LogP contribution in [0.4, 0.5) is 10.1 Å². The fourth-order valence-corrected chi connectivity index (χ4v) is 3.90. The molecule has 0 unspecified atom stereocenters. The summed E-state index contributed by atoms with van der Waals surface area (Å²) < 4.78 is 13.7. The SMILES string of the molecule is CC/C(=C(/c1ccc(/C=C/C(=O)O)cc1)c1cccc(N)c1C=N)c1ccc(F)cc1Cl. The van der Waals surface area contributed by atoms with Gasteiger partial charge in [-0.15, -0.1) is 0 Å². The Morgan fingerprint density at radius 2 is 1.84 bits per heavy atom. The van der Waals surface area contributed by atoms with Crippen LogP contribution in [0.2, 0.25) is 5.02 Å². The molecule has 0 aromatic heterocycles. The fraction of sp³-hybridized carbons (Fsp3) is 0.0769. The normalized spacial score (nSPS) is 12.0. The standard InChI is InChI=1S/C26H22ClFN2O2/c1-2-19(20-12-11-18(28)14-23(20)27)26(21-4-3-5-24(30)22(21)15-29)17-9-6-16(7-10-17)8-13-25(31)32/h3-15,29H,2,30H2,1H3,(H,31,32)/b13-8+,26-19+,29-15?. The molecular weight excluding hydrogens is 427 g/mol. The van der Waals surface area contributed by atoms with E-state index in [-0.39, 0.29) is 0 Å². The van der Waals surface area contributed by atoms with E-state index in [9.17, 15) is 9.18 Å². The van der Waals surface area contributed by atoms with Gasteiger partial charge in [-0.2, -0.15) is 0 Å². The third-order valence-corrected chi connectivity index (χ3v) is 5.40. The molecule has 3 aromatic rings. The van der Waals surface area contributed by atoms with Crippen LogP contribution in [0.3, 0.4) is 0 Å². The van der Waals surface area contributed by atoms with Gasteiger partial charge < -0.3 is 16.2 Å². The van der Waals surface area contributed by atoms with Crippen LogP contribution in [0, 0.1) is 11.2 Å². The lowest BCUT2D eigenvalue weighted by molar-refractivity contribution is -0.131. The molecular formula is C26H22ClFN2O2. The number of benzene rings is 3. The van der Waals surface area contributed by atoms with E-state index in [0.29, 0.717) is 28.3 Å². The van der Waals surface area contributed by atoms with Crippen LogP contribution in [-0.4, -0.2) is 17.3 Å². The molecule has 0 fully saturated rings. The van der Waals surface area contributed by atoms with E-state index in [0.717, 1.165) is 33.9 Å². The summed E-state index contributed by atoms with van der Waals surface area (Å²) in [6, 6.07) is 17.1. The van der Waals surface area contributed by atoms with Crippen LogP contribution in [0.5, 0.6) is 0 Å². The van der Waals surface area contributed by atoms with Crippen molar-refractivity contribution < 1.29 is 14.3 Å². The van der Waals surface area contributed by atoms with Crippen LogP contribution in [0.25, 0.3) is 17.2 Å². The van der Waals surface area contributed by atoms with Crippen molar-refractivity contribution in [3.05, 3.63) is 105 Å². The number of nitrogens with two attached hydrogens (primary N) is 1. The number of aliphatic carboxylic acids is 1. The van der Waals surface area contributed by atoms with Gasteiger partial charge in [-0.25, -0.2) is 9.18 Å². The zero-order valence-corrected chi connectivity index (χ0v) is 18.2. The maximum absolute atomic E-state index is 13.7. The van der Waals surface area contributed by atoms with E-state index in [1.54, 1.807) is 12.1 Å². The smallest absolute Gasteiger partial charge is 0.328 e. The van der Waals surface area contributed by atoms with Gasteiger partial charge in [-0.05, 0) is 64.1 Å². The third-order valence-electron chi connectivity index (χ3n) is 5.08. The number of carboxylic acid groups (broad SMARTS) is 1. The summed E-state index contributed by atoms with van der Waals surface area (Å²) in [6.45, 7) is 1.98. The summed E-state index contributed by atoms with van der Waals surface area (Å²) in [7, 11) is 0. The fourth-order valence-electron chi connectivity index (χ4n) is 3.62. The quantitative estimate of drug-likeness (QED) is 0.166. The first-order chi connectivity index (χ1) is 15.3. The highest BCUT2D eigenvalue weighted by atomic mass is 35.5. The second-order valence-corrected chi connectivity index (χ2v) is 7.48. The predicted molar refractivity (Wildman–Crippen MR) is 129 cm³/mol. The average Bonchev–Trinajstić information content (AvgIpc) is 2.77. The van der Waals surface area contributed by atoms with Crippen molar-refractivity contribution in [2.45, 2.75) is 13.3 Å². The zero-order valence-electron chi connectivity index (χ0n) is 17.4. The molecule has 162 valence electrons. The maximum Gasteiger partial charge on any atom is 0.328 e. The summed E-state index contributed by atoms with van der Waals surface area (Å²) in [4.78, 5) is 10.8. The number of hydrogen-bond donors (Lipinski definition) is 3. The lowest BCUT2D eigenvalue weighted by Crippen LogP contribution is -2.02. The van der Waals surface area contributed by atoms with Crippen molar-refractivity contribution in [1.82, 2.24) is 0 Å². The third kappa shape index (κ3) is 4.95. The van der Waals surface area contributed by atoms with Gasteiger partial charge in [0.05, 0.1) is 5.02 Å². The summed E-state index contributed by atoms with van der Waals surface area (Å²) in [6.07, 6.45) is 4.39. The number of anilines is 1. The van der Waals surface area contributed by atoms with E-state index < -0.39 is 11.8 Å². The maximum atomic E-state index is 13.7. The van der Waals surface area contributed by atoms with Gasteiger partial charge in [0.2, 0.25) is 0 Å². The van der Waals surface area contributed by atoms with Crippen LogP contribution in [0.15, 0.2) is 66.7 Å². The molecule has 0 spiro atoms. The van der Waals surface area contributed by atoms with Gasteiger partial charge in [0.25, 0.3) is 0 Å². The zero-order chi connectivity index (χ0) is 23.3. The van der Waals surface area contributed by atoms with E-state index >= 15 is 0 Å². The molecule has 4 N–H and O–H groups in total. The van der Waals surface area contributed by atoms with E-state index in [1.165, 1.54) is 24.4 Å². The molecule has 6 heteroatoms. The lowest BCUT2D eigenvalue weighted by Gasteiger charge is -2.19. The van der Waals surface area contributed by atoms with Crippen LogP contribution < -0.4 is 5.73 Å². The van der Waals surface area contributed by atoms with E-state index in [1.807, 2.05) is 43.3 Å². The van der Waals surface area contributed by atoms with Crippen molar-refractivity contribution in [1.29, 1.82) is 5.41 Å². The molecule has 0 saturated carbocycles. The van der Waals surface area contributed by atoms with Gasteiger partial charge in [0.1, 0.15) is 5.82 Å². The van der Waals surface area contributed by atoms with Gasteiger partial charge >= 0.3 is 5.97 Å². The number of nitrogen functional groups attached to an aromatic ring is 1. The van der Waals surface area contributed by atoms with Crippen LogP contribution in [-0.2, 0) is 4.79 Å². The molecule has 0 aliphatic carbocycles. The summed E-state index contributed by atoms with van der Waals surface area (Å²) in [5, 5.41) is 17.1. The van der Waals surface area contributed by atoms with Gasteiger partial charge in [0.15, 0.2) is 0 Å². The second-order valence-electron chi connectivity index (χ2n) is 7.08. The second kappa shape index (κ2) is 10.1. The highest BCUT2D eigenvalue weighted by Crippen LogP contribution is 2.39. The highest BCUT2D eigenvalue weighted by Gasteiger charge is 2.18. The molecule has 0 radical (unpaired) electrons. The Morgan fingerprint density at radius 3 is 2.44 bits per heavy atom. The lowest BCUT2D eigenvalue weighted by atomic mass is 9.85. The Balaban J connectivity index is 2.32. The Kier molecular flexibility index (Phi) is 7.23. The first kappa shape index (κ1) is 23.0. The number of nitrogens with one attached hydrogen (secondary N) is 1. The molecule has 0 bridgehead atoms. The van der Waals surface area contributed by atoms with Gasteiger partial charge in [-0.1, -0.05) is 61.0 Å². The molecule has 4 nitrogen and oxygen atoms in total. The van der Waals surface area contributed by atoms with E-state index in [4.69, 9.17) is 27.9 Å². The molecule has 3 aromatic carbocycles. The minimum absolute atomic E-state index is 0.292. The van der Waals surface area contributed by atoms with Crippen LogP contribution >= 0.6 is 11.6 Å². The minimum atomic E-state index is -1.02. The highest BCUT2D eigenvalue weighted by molar-refractivity contribution is 6.32. The predicted octanol–water partition coefficient (Wildman–Crippen LogP) is 6.53. The molecule has 0 atom stereocenters. The largest absolute Gasteiger partial charge is 0.478 e. The number of allylic oxidation sites excluding steroid dienone is 1. The molecule has 32 heavy (non-hydrogen) atoms. The summed E-state index contributed by atoms with van der Waals surface area (Å²) >= 11 is 6.41. The average molecular weight is 449 g/mol. The van der Waals surface area contributed by atoms with Crippen molar-refractivity contribution in [2.75, 3.05) is 5.73 Å². The molecule has 3 rings (SSSR count). The molecule has 0 amide bonds. The number of carbonyl (C=O) groups is 1. The Hall–Kier alpha value is -3.70. The van der Waals surface area contributed by atoms with Crippen molar-refractivity contribution in [3.8, 4) is 0 Å². The monoisotopic (exact) mass is 448 g/mol. The minimum Gasteiger partial charge on any atom is -0.478 e. The number of carboxylic acids is 1. The van der Waals surface area contributed by atoms with E-state index in [2.05, 4.69) is 0 Å². The van der Waals surface area contributed by atoms with Crippen LogP contribution in [0.1, 0.15) is 41.2 Å². The Bertz CT molecular complexity index is 1230. The van der Waals surface area contributed by atoms with Crippen molar-refractivity contribution in [3.63, 3.8) is 0 Å². The first-order valence-corrected chi connectivity index (χ1v) is 10.3. The van der Waals surface area contributed by atoms with Gasteiger partial charge in [0, 0.05) is 23.5 Å². The first-order valence-electron chi connectivity index (χ1n) is 9.95. The van der Waals surface area contributed by atoms with Crippen molar-refractivity contribution in [2.24, 2.45) is 0 Å². The molecule has 0 heterocycles. The number of rotatable bonds is 7. The Labute approximate surface area is 191 Å². The van der Waals surface area contributed by atoms with Gasteiger partial charge in [-0.3, -0.25) is 0 Å². The summed E-state index contributed by atoms with van der Waals surface area (Å²) in [5.74, 6) is -1.45. The Morgan fingerprint density at radius 1 is 1.12 bits per heavy atom. The molecule has 0 aliphatic heterocycles. The van der Waals surface area contributed by atoms with Crippen molar-refractivity contribution >= 4 is 46.7 Å². The topological polar surface area (TPSA) is 87.2 Å². The number of halogens is 2. The number of hydrogen-bond acceptors (Lipinski definition) is 3. The molecule has 0 saturated heterocycles. The summed E-state index contributed by atoms with van der Waals surface area (Å²) in [5.41, 5.74) is 11.9. The molecule has 0 aliphatic rings.